The molecule has 1 fully saturated rings. The summed E-state index contributed by atoms with van der Waals surface area (Å²) in [5.41, 5.74) is 1.06. The van der Waals surface area contributed by atoms with E-state index >= 15 is 0 Å². The first-order valence-corrected chi connectivity index (χ1v) is 8.31. The standard InChI is InChI=1S/C16H23Cl2NO/c1-2-8-19-11-12-9-13(17)10-15(18)16(12)20-14-6-4-3-5-7-14/h9-10,14,19H,2-8,11H2,1H3. The molecule has 1 aromatic carbocycles. The summed E-state index contributed by atoms with van der Waals surface area (Å²) >= 11 is 12.4. The van der Waals surface area contributed by atoms with Crippen molar-refractivity contribution >= 4 is 23.2 Å². The zero-order valence-corrected chi connectivity index (χ0v) is 13.6. The van der Waals surface area contributed by atoms with Gasteiger partial charge in [0, 0.05) is 17.1 Å². The number of rotatable bonds is 6. The fourth-order valence-electron chi connectivity index (χ4n) is 2.63. The van der Waals surface area contributed by atoms with E-state index in [2.05, 4.69) is 12.2 Å². The molecule has 0 atom stereocenters. The van der Waals surface area contributed by atoms with E-state index in [1.54, 1.807) is 6.07 Å². The lowest BCUT2D eigenvalue weighted by atomic mass is 9.97. The van der Waals surface area contributed by atoms with Crippen molar-refractivity contribution in [3.8, 4) is 5.75 Å². The molecule has 0 radical (unpaired) electrons. The van der Waals surface area contributed by atoms with Crippen molar-refractivity contribution in [1.82, 2.24) is 5.32 Å². The van der Waals surface area contributed by atoms with Gasteiger partial charge < -0.3 is 10.1 Å². The van der Waals surface area contributed by atoms with E-state index in [1.165, 1.54) is 19.3 Å². The van der Waals surface area contributed by atoms with Gasteiger partial charge in [-0.1, -0.05) is 36.5 Å². The monoisotopic (exact) mass is 315 g/mol. The largest absolute Gasteiger partial charge is 0.489 e. The first-order valence-electron chi connectivity index (χ1n) is 7.56. The summed E-state index contributed by atoms with van der Waals surface area (Å²) in [6.07, 6.45) is 7.47. The summed E-state index contributed by atoms with van der Waals surface area (Å²) in [6, 6.07) is 3.72. The summed E-state index contributed by atoms with van der Waals surface area (Å²) < 4.78 is 6.17. The number of ether oxygens (including phenoxy) is 1. The quantitative estimate of drug-likeness (QED) is 0.728. The molecule has 0 aromatic heterocycles. The lowest BCUT2D eigenvalue weighted by molar-refractivity contribution is 0.153. The molecule has 0 saturated heterocycles. The Hall–Kier alpha value is -0.440. The van der Waals surface area contributed by atoms with Gasteiger partial charge in [0.2, 0.25) is 0 Å². The van der Waals surface area contributed by atoms with Crippen LogP contribution < -0.4 is 10.1 Å². The molecule has 0 aliphatic heterocycles. The van der Waals surface area contributed by atoms with Crippen LogP contribution in [0.5, 0.6) is 5.75 Å². The van der Waals surface area contributed by atoms with Gasteiger partial charge in [-0.2, -0.15) is 0 Å². The molecule has 0 heterocycles. The Kier molecular flexibility index (Phi) is 6.47. The predicted octanol–water partition coefficient (Wildman–Crippen LogP) is 5.20. The minimum Gasteiger partial charge on any atom is -0.489 e. The highest BCUT2D eigenvalue weighted by atomic mass is 35.5. The summed E-state index contributed by atoms with van der Waals surface area (Å²) in [5, 5.41) is 4.67. The Morgan fingerprint density at radius 1 is 1.20 bits per heavy atom. The molecule has 1 aliphatic rings. The molecule has 112 valence electrons. The van der Waals surface area contributed by atoms with Gasteiger partial charge in [-0.05, 0) is 50.8 Å². The van der Waals surface area contributed by atoms with E-state index in [9.17, 15) is 0 Å². The van der Waals surface area contributed by atoms with Crippen LogP contribution in [0, 0.1) is 0 Å². The van der Waals surface area contributed by atoms with Gasteiger partial charge in [-0.15, -0.1) is 0 Å². The van der Waals surface area contributed by atoms with Gasteiger partial charge in [-0.25, -0.2) is 0 Å². The molecule has 1 aromatic rings. The van der Waals surface area contributed by atoms with Crippen molar-refractivity contribution in [2.45, 2.75) is 58.1 Å². The number of benzene rings is 1. The maximum Gasteiger partial charge on any atom is 0.142 e. The molecular formula is C16H23Cl2NO. The summed E-state index contributed by atoms with van der Waals surface area (Å²) in [7, 11) is 0. The topological polar surface area (TPSA) is 21.3 Å². The Bertz CT molecular complexity index is 431. The molecule has 1 N–H and O–H groups in total. The van der Waals surface area contributed by atoms with Gasteiger partial charge in [0.05, 0.1) is 11.1 Å². The van der Waals surface area contributed by atoms with Crippen molar-refractivity contribution in [2.75, 3.05) is 6.54 Å². The predicted molar refractivity (Wildman–Crippen MR) is 86.0 cm³/mol. The minimum atomic E-state index is 0.298. The van der Waals surface area contributed by atoms with E-state index in [0.29, 0.717) is 16.1 Å². The summed E-state index contributed by atoms with van der Waals surface area (Å²) in [5.74, 6) is 0.812. The van der Waals surface area contributed by atoms with Crippen molar-refractivity contribution < 1.29 is 4.74 Å². The zero-order chi connectivity index (χ0) is 14.4. The Morgan fingerprint density at radius 2 is 1.95 bits per heavy atom. The third-order valence-electron chi connectivity index (χ3n) is 3.66. The van der Waals surface area contributed by atoms with Crippen molar-refractivity contribution in [3.63, 3.8) is 0 Å². The Labute approximate surface area is 131 Å². The first kappa shape index (κ1) is 15.9. The van der Waals surface area contributed by atoms with E-state index in [4.69, 9.17) is 27.9 Å². The van der Waals surface area contributed by atoms with Crippen LogP contribution in [0.25, 0.3) is 0 Å². The number of hydrogen-bond donors (Lipinski definition) is 1. The first-order chi connectivity index (χ1) is 9.70. The highest BCUT2D eigenvalue weighted by Crippen LogP contribution is 2.35. The normalized spacial score (nSPS) is 16.4. The molecule has 0 spiro atoms. The Balaban J connectivity index is 2.11. The average molecular weight is 316 g/mol. The van der Waals surface area contributed by atoms with E-state index in [1.807, 2.05) is 6.07 Å². The fraction of sp³-hybridized carbons (Fsp3) is 0.625. The molecular weight excluding hydrogens is 293 g/mol. The third-order valence-corrected chi connectivity index (χ3v) is 4.16. The number of hydrogen-bond acceptors (Lipinski definition) is 2. The molecule has 2 rings (SSSR count). The van der Waals surface area contributed by atoms with Crippen LogP contribution in [0.1, 0.15) is 51.0 Å². The lowest BCUT2D eigenvalue weighted by Crippen LogP contribution is -2.21. The Morgan fingerprint density at radius 3 is 2.65 bits per heavy atom. The number of halogens is 2. The van der Waals surface area contributed by atoms with Gasteiger partial charge in [0.1, 0.15) is 5.75 Å². The summed E-state index contributed by atoms with van der Waals surface area (Å²) in [4.78, 5) is 0. The SMILES string of the molecule is CCCNCc1cc(Cl)cc(Cl)c1OC1CCCCC1. The molecule has 0 bridgehead atoms. The maximum atomic E-state index is 6.33. The van der Waals surface area contributed by atoms with Crippen molar-refractivity contribution in [2.24, 2.45) is 0 Å². The third kappa shape index (κ3) is 4.54. The molecule has 2 nitrogen and oxygen atoms in total. The smallest absolute Gasteiger partial charge is 0.142 e. The molecule has 4 heteroatoms. The zero-order valence-electron chi connectivity index (χ0n) is 12.1. The van der Waals surface area contributed by atoms with E-state index < -0.39 is 0 Å². The highest BCUT2D eigenvalue weighted by molar-refractivity contribution is 6.35. The van der Waals surface area contributed by atoms with Crippen LogP contribution in [0.4, 0.5) is 0 Å². The molecule has 0 unspecified atom stereocenters. The van der Waals surface area contributed by atoms with Gasteiger partial charge in [0.25, 0.3) is 0 Å². The molecule has 1 saturated carbocycles. The highest BCUT2D eigenvalue weighted by Gasteiger charge is 2.19. The molecule has 1 aliphatic carbocycles. The summed E-state index contributed by atoms with van der Waals surface area (Å²) in [6.45, 7) is 3.88. The van der Waals surface area contributed by atoms with Crippen LogP contribution in [-0.4, -0.2) is 12.6 Å². The average Bonchev–Trinajstić information content (AvgIpc) is 2.44. The second kappa shape index (κ2) is 8.11. The van der Waals surface area contributed by atoms with Crippen LogP contribution in [0.15, 0.2) is 12.1 Å². The minimum absolute atomic E-state index is 0.298. The van der Waals surface area contributed by atoms with Crippen LogP contribution >= 0.6 is 23.2 Å². The van der Waals surface area contributed by atoms with Crippen LogP contribution in [-0.2, 0) is 6.54 Å². The fourth-order valence-corrected chi connectivity index (χ4v) is 3.21. The number of nitrogens with one attached hydrogen (secondary N) is 1. The second-order valence-corrected chi connectivity index (χ2v) is 6.27. The molecule has 20 heavy (non-hydrogen) atoms. The van der Waals surface area contributed by atoms with Gasteiger partial charge in [0.15, 0.2) is 0 Å². The van der Waals surface area contributed by atoms with Gasteiger partial charge >= 0.3 is 0 Å². The lowest BCUT2D eigenvalue weighted by Gasteiger charge is -2.25. The molecule has 0 amide bonds. The van der Waals surface area contributed by atoms with Crippen molar-refractivity contribution in [3.05, 3.63) is 27.7 Å². The second-order valence-electron chi connectivity index (χ2n) is 5.43. The maximum absolute atomic E-state index is 6.33. The van der Waals surface area contributed by atoms with Gasteiger partial charge in [-0.3, -0.25) is 0 Å². The van der Waals surface area contributed by atoms with Crippen LogP contribution in [0.2, 0.25) is 10.0 Å². The van der Waals surface area contributed by atoms with Crippen molar-refractivity contribution in [1.29, 1.82) is 0 Å². The van der Waals surface area contributed by atoms with E-state index in [-0.39, 0.29) is 0 Å². The van der Waals surface area contributed by atoms with Crippen LogP contribution in [0.3, 0.4) is 0 Å². The van der Waals surface area contributed by atoms with E-state index in [0.717, 1.165) is 43.7 Å².